The molecule has 0 unspecified atom stereocenters. The van der Waals surface area contributed by atoms with E-state index in [0.29, 0.717) is 6.61 Å². The highest BCUT2D eigenvalue weighted by atomic mass is 16.5. The van der Waals surface area contributed by atoms with Crippen LogP contribution in [0, 0.1) is 12.3 Å². The van der Waals surface area contributed by atoms with Crippen molar-refractivity contribution < 1.29 is 14.6 Å². The Morgan fingerprint density at radius 3 is 2.94 bits per heavy atom. The predicted octanol–water partition coefficient (Wildman–Crippen LogP) is 2.02. The first-order chi connectivity index (χ1) is 7.61. The molecule has 1 aromatic heterocycles. The summed E-state index contributed by atoms with van der Waals surface area (Å²) in [5, 5.41) is 8.77. The van der Waals surface area contributed by atoms with Crippen molar-refractivity contribution in [3.8, 4) is 5.75 Å². The number of carbonyl (C=O) groups is 1. The fourth-order valence-corrected chi connectivity index (χ4v) is 1.72. The third kappa shape index (κ3) is 2.51. The maximum Gasteiger partial charge on any atom is 0.304 e. The molecule has 0 radical (unpaired) electrons. The van der Waals surface area contributed by atoms with E-state index in [-0.39, 0.29) is 11.8 Å². The first kappa shape index (κ1) is 10.9. The molecular formula is C12H15NO3. The summed E-state index contributed by atoms with van der Waals surface area (Å²) in [4.78, 5) is 14.8. The summed E-state index contributed by atoms with van der Waals surface area (Å²) in [6.07, 6.45) is 3.80. The predicted molar refractivity (Wildman–Crippen MR) is 58.4 cm³/mol. The number of rotatable bonds is 5. The molecule has 1 aromatic rings. The van der Waals surface area contributed by atoms with Gasteiger partial charge in [0.05, 0.1) is 18.7 Å². The van der Waals surface area contributed by atoms with Crippen LogP contribution in [0.3, 0.4) is 0 Å². The molecule has 0 saturated heterocycles. The van der Waals surface area contributed by atoms with Gasteiger partial charge in [0.15, 0.2) is 0 Å². The first-order valence-electron chi connectivity index (χ1n) is 5.38. The van der Waals surface area contributed by atoms with Crippen LogP contribution in [0.2, 0.25) is 0 Å². The smallest absolute Gasteiger partial charge is 0.304 e. The topological polar surface area (TPSA) is 59.4 Å². The van der Waals surface area contributed by atoms with Crippen LogP contribution < -0.4 is 4.74 Å². The number of carboxylic acid groups (broad SMARTS) is 1. The second-order valence-corrected chi connectivity index (χ2v) is 4.45. The molecule has 4 heteroatoms. The maximum absolute atomic E-state index is 10.7. The second kappa shape index (κ2) is 4.12. The Morgan fingerprint density at radius 1 is 1.62 bits per heavy atom. The van der Waals surface area contributed by atoms with Crippen molar-refractivity contribution in [2.24, 2.45) is 5.41 Å². The van der Waals surface area contributed by atoms with Crippen molar-refractivity contribution in [1.82, 2.24) is 4.98 Å². The number of aliphatic carboxylic acids is 1. The Hall–Kier alpha value is -1.58. The minimum Gasteiger partial charge on any atom is -0.491 e. The lowest BCUT2D eigenvalue weighted by molar-refractivity contribution is -0.138. The molecule has 0 aliphatic heterocycles. The highest BCUT2D eigenvalue weighted by Crippen LogP contribution is 2.49. The van der Waals surface area contributed by atoms with Crippen LogP contribution in [0.4, 0.5) is 0 Å². The molecule has 0 spiro atoms. The Bertz CT molecular complexity index is 399. The van der Waals surface area contributed by atoms with Crippen LogP contribution in [-0.4, -0.2) is 22.7 Å². The quantitative estimate of drug-likeness (QED) is 0.826. The van der Waals surface area contributed by atoms with Crippen LogP contribution in [0.15, 0.2) is 18.3 Å². The Labute approximate surface area is 94.3 Å². The van der Waals surface area contributed by atoms with Gasteiger partial charge in [-0.2, -0.15) is 0 Å². The number of carboxylic acids is 1. The summed E-state index contributed by atoms with van der Waals surface area (Å²) >= 11 is 0. The number of hydrogen-bond acceptors (Lipinski definition) is 3. The molecular weight excluding hydrogens is 206 g/mol. The van der Waals surface area contributed by atoms with Crippen LogP contribution in [-0.2, 0) is 4.79 Å². The Balaban J connectivity index is 1.93. The van der Waals surface area contributed by atoms with Crippen molar-refractivity contribution in [1.29, 1.82) is 0 Å². The summed E-state index contributed by atoms with van der Waals surface area (Å²) < 4.78 is 5.64. The normalized spacial score (nSPS) is 16.8. The number of ether oxygens (including phenoxy) is 1. The minimum absolute atomic E-state index is 0.131. The van der Waals surface area contributed by atoms with Crippen molar-refractivity contribution in [2.45, 2.75) is 26.2 Å². The van der Waals surface area contributed by atoms with Crippen LogP contribution >= 0.6 is 0 Å². The van der Waals surface area contributed by atoms with Gasteiger partial charge in [0.1, 0.15) is 5.75 Å². The second-order valence-electron chi connectivity index (χ2n) is 4.45. The van der Waals surface area contributed by atoms with Gasteiger partial charge in [-0.3, -0.25) is 9.78 Å². The lowest BCUT2D eigenvalue weighted by atomic mass is 10.0. The lowest BCUT2D eigenvalue weighted by Crippen LogP contribution is -2.17. The summed E-state index contributed by atoms with van der Waals surface area (Å²) in [6.45, 7) is 2.36. The van der Waals surface area contributed by atoms with E-state index in [0.717, 1.165) is 24.3 Å². The van der Waals surface area contributed by atoms with E-state index in [9.17, 15) is 4.79 Å². The third-order valence-corrected chi connectivity index (χ3v) is 2.98. The molecule has 0 amide bonds. The third-order valence-electron chi connectivity index (χ3n) is 2.98. The summed E-state index contributed by atoms with van der Waals surface area (Å²) in [5.41, 5.74) is 0.710. The van der Waals surface area contributed by atoms with E-state index in [1.165, 1.54) is 0 Å². The average Bonchev–Trinajstić information content (AvgIpc) is 2.96. The van der Waals surface area contributed by atoms with Crippen LogP contribution in [0.1, 0.15) is 25.0 Å². The van der Waals surface area contributed by atoms with Crippen molar-refractivity contribution in [2.75, 3.05) is 6.61 Å². The van der Waals surface area contributed by atoms with Crippen molar-refractivity contribution >= 4 is 5.97 Å². The molecule has 2 rings (SSSR count). The summed E-state index contributed by atoms with van der Waals surface area (Å²) in [6, 6.07) is 3.68. The average molecular weight is 221 g/mol. The zero-order chi connectivity index (χ0) is 11.6. The zero-order valence-corrected chi connectivity index (χ0v) is 9.27. The summed E-state index contributed by atoms with van der Waals surface area (Å²) in [7, 11) is 0. The minimum atomic E-state index is -0.746. The number of pyridine rings is 1. The molecule has 4 nitrogen and oxygen atoms in total. The Kier molecular flexibility index (Phi) is 2.81. The van der Waals surface area contributed by atoms with Crippen LogP contribution in [0.5, 0.6) is 5.75 Å². The van der Waals surface area contributed by atoms with Gasteiger partial charge >= 0.3 is 5.97 Å². The van der Waals surface area contributed by atoms with Gasteiger partial charge in [-0.25, -0.2) is 0 Å². The molecule has 1 saturated carbocycles. The number of nitrogens with zero attached hydrogens (tertiary/aromatic N) is 1. The number of aryl methyl sites for hydroxylation is 1. The largest absolute Gasteiger partial charge is 0.491 e. The van der Waals surface area contributed by atoms with E-state index >= 15 is 0 Å². The molecule has 0 bridgehead atoms. The molecule has 1 aliphatic rings. The standard InChI is InChI=1S/C12H15NO3/c1-9-10(3-2-6-13-9)16-8-12(4-5-12)7-11(14)15/h2-3,6H,4-5,7-8H2,1H3,(H,14,15). The van der Waals surface area contributed by atoms with Gasteiger partial charge < -0.3 is 9.84 Å². The Morgan fingerprint density at radius 2 is 2.38 bits per heavy atom. The highest BCUT2D eigenvalue weighted by molar-refractivity contribution is 5.68. The fourth-order valence-electron chi connectivity index (χ4n) is 1.72. The SMILES string of the molecule is Cc1ncccc1OCC1(CC(=O)O)CC1. The molecule has 16 heavy (non-hydrogen) atoms. The summed E-state index contributed by atoms with van der Waals surface area (Å²) in [5.74, 6) is 0.00294. The molecule has 1 N–H and O–H groups in total. The van der Waals surface area contributed by atoms with E-state index in [2.05, 4.69) is 4.98 Å². The van der Waals surface area contributed by atoms with Gasteiger partial charge in [-0.05, 0) is 31.9 Å². The molecule has 0 aromatic carbocycles. The maximum atomic E-state index is 10.7. The van der Waals surface area contributed by atoms with E-state index in [1.54, 1.807) is 6.20 Å². The van der Waals surface area contributed by atoms with Gasteiger partial charge in [-0.15, -0.1) is 0 Å². The molecule has 1 aliphatic carbocycles. The number of aromatic nitrogens is 1. The molecule has 0 atom stereocenters. The lowest BCUT2D eigenvalue weighted by Gasteiger charge is -2.14. The monoisotopic (exact) mass is 221 g/mol. The van der Waals surface area contributed by atoms with E-state index in [4.69, 9.17) is 9.84 Å². The fraction of sp³-hybridized carbons (Fsp3) is 0.500. The molecule has 1 heterocycles. The van der Waals surface area contributed by atoms with E-state index < -0.39 is 5.97 Å². The van der Waals surface area contributed by atoms with Crippen molar-refractivity contribution in [3.05, 3.63) is 24.0 Å². The van der Waals surface area contributed by atoms with Crippen LogP contribution in [0.25, 0.3) is 0 Å². The first-order valence-corrected chi connectivity index (χ1v) is 5.38. The highest BCUT2D eigenvalue weighted by Gasteiger charge is 2.45. The van der Waals surface area contributed by atoms with Gasteiger partial charge in [0.2, 0.25) is 0 Å². The van der Waals surface area contributed by atoms with E-state index in [1.807, 2.05) is 19.1 Å². The molecule has 1 fully saturated rings. The van der Waals surface area contributed by atoms with Gasteiger partial charge in [-0.1, -0.05) is 0 Å². The number of hydrogen-bond donors (Lipinski definition) is 1. The molecule has 86 valence electrons. The zero-order valence-electron chi connectivity index (χ0n) is 9.27. The van der Waals surface area contributed by atoms with Gasteiger partial charge in [0, 0.05) is 11.6 Å². The van der Waals surface area contributed by atoms with Crippen molar-refractivity contribution in [3.63, 3.8) is 0 Å². The van der Waals surface area contributed by atoms with Gasteiger partial charge in [0.25, 0.3) is 0 Å².